The van der Waals surface area contributed by atoms with Crippen LogP contribution in [0.5, 0.6) is 11.5 Å². The monoisotopic (exact) mass is 453 g/mol. The normalized spacial score (nSPS) is 15.4. The maximum atomic E-state index is 12.4. The number of carbonyl (C=O) groups is 1. The fourth-order valence-corrected chi connectivity index (χ4v) is 4.41. The molecule has 8 heteroatoms. The summed E-state index contributed by atoms with van der Waals surface area (Å²) in [5.41, 5.74) is 1.67. The van der Waals surface area contributed by atoms with E-state index in [-0.39, 0.29) is 12.5 Å². The number of hydrogen-bond acceptors (Lipinski definition) is 5. The highest BCUT2D eigenvalue weighted by molar-refractivity contribution is 8.26. The predicted molar refractivity (Wildman–Crippen MR) is 119 cm³/mol. The van der Waals surface area contributed by atoms with E-state index in [4.69, 9.17) is 44.9 Å². The Morgan fingerprint density at radius 1 is 1.21 bits per heavy atom. The molecule has 0 aromatic heterocycles. The number of likely N-dealkylation sites (N-methyl/N-ethyl adjacent to an activating group) is 1. The number of benzene rings is 2. The number of amides is 1. The van der Waals surface area contributed by atoms with Gasteiger partial charge in [-0.2, -0.15) is 0 Å². The van der Waals surface area contributed by atoms with E-state index in [1.165, 1.54) is 11.8 Å². The number of thioether (sulfide) groups is 1. The summed E-state index contributed by atoms with van der Waals surface area (Å²) in [5, 5.41) is 0.792. The fraction of sp³-hybridized carbons (Fsp3) is 0.200. The van der Waals surface area contributed by atoms with Gasteiger partial charge in [-0.25, -0.2) is 0 Å². The molecular weight excluding hydrogens is 437 g/mol. The van der Waals surface area contributed by atoms with Crippen LogP contribution in [0.1, 0.15) is 18.1 Å². The number of hydrogen-bond donors (Lipinski definition) is 0. The fourth-order valence-electron chi connectivity index (χ4n) is 2.68. The average Bonchev–Trinajstić information content (AvgIpc) is 2.95. The Morgan fingerprint density at radius 3 is 2.68 bits per heavy atom. The van der Waals surface area contributed by atoms with Crippen LogP contribution in [0, 0.1) is 0 Å². The van der Waals surface area contributed by atoms with Crippen molar-refractivity contribution < 1.29 is 14.3 Å². The van der Waals surface area contributed by atoms with E-state index in [2.05, 4.69) is 0 Å². The van der Waals surface area contributed by atoms with Crippen LogP contribution in [0.15, 0.2) is 41.3 Å². The molecule has 1 fully saturated rings. The maximum absolute atomic E-state index is 12.4. The smallest absolute Gasteiger partial charge is 0.266 e. The predicted octanol–water partition coefficient (Wildman–Crippen LogP) is 5.80. The molecule has 1 amide bonds. The molecule has 0 bridgehead atoms. The van der Waals surface area contributed by atoms with E-state index in [1.807, 2.05) is 31.2 Å². The number of ether oxygens (including phenoxy) is 2. The third-order valence-electron chi connectivity index (χ3n) is 4.09. The lowest BCUT2D eigenvalue weighted by molar-refractivity contribution is -0.121. The second-order valence-corrected chi connectivity index (χ2v) is 8.30. The van der Waals surface area contributed by atoms with Crippen LogP contribution in [0.2, 0.25) is 10.0 Å². The van der Waals surface area contributed by atoms with Crippen LogP contribution in [0.3, 0.4) is 0 Å². The van der Waals surface area contributed by atoms with E-state index in [0.717, 1.165) is 11.1 Å². The minimum absolute atomic E-state index is 0.0724. The van der Waals surface area contributed by atoms with Crippen LogP contribution in [-0.4, -0.2) is 28.8 Å². The Kier molecular flexibility index (Phi) is 6.88. The molecule has 0 radical (unpaired) electrons. The highest BCUT2D eigenvalue weighted by Crippen LogP contribution is 2.34. The first kappa shape index (κ1) is 21.0. The molecule has 0 N–H and O–H groups in total. The van der Waals surface area contributed by atoms with Crippen LogP contribution in [-0.2, 0) is 11.4 Å². The van der Waals surface area contributed by atoms with Crippen molar-refractivity contribution in [3.63, 3.8) is 0 Å². The van der Waals surface area contributed by atoms with Gasteiger partial charge in [-0.3, -0.25) is 9.69 Å². The van der Waals surface area contributed by atoms with E-state index in [1.54, 1.807) is 30.2 Å². The quantitative estimate of drug-likeness (QED) is 0.407. The molecule has 2 aromatic rings. The molecule has 4 nitrogen and oxygen atoms in total. The molecule has 0 spiro atoms. The molecule has 3 rings (SSSR count). The van der Waals surface area contributed by atoms with E-state index in [0.29, 0.717) is 37.3 Å². The van der Waals surface area contributed by atoms with Gasteiger partial charge in [-0.1, -0.05) is 59.3 Å². The molecule has 1 saturated heterocycles. The largest absolute Gasteiger partial charge is 0.496 e. The molecule has 0 unspecified atom stereocenters. The number of rotatable bonds is 6. The SMILES string of the molecule is CCN1C(=O)/C(=C/c2ccc(OC)c(COc3cccc(Cl)c3Cl)c2)SC1=S. The van der Waals surface area contributed by atoms with Crippen molar-refractivity contribution in [1.82, 2.24) is 4.90 Å². The molecule has 1 aliphatic heterocycles. The summed E-state index contributed by atoms with van der Waals surface area (Å²) in [6, 6.07) is 10.9. The first-order chi connectivity index (χ1) is 13.4. The lowest BCUT2D eigenvalue weighted by atomic mass is 10.1. The summed E-state index contributed by atoms with van der Waals surface area (Å²) in [6.45, 7) is 2.70. The summed E-state index contributed by atoms with van der Waals surface area (Å²) in [5.74, 6) is 1.10. The van der Waals surface area contributed by atoms with Gasteiger partial charge in [0.15, 0.2) is 0 Å². The Balaban J connectivity index is 1.84. The summed E-state index contributed by atoms with van der Waals surface area (Å²) < 4.78 is 11.8. The van der Waals surface area contributed by atoms with Crippen LogP contribution in [0.4, 0.5) is 0 Å². The van der Waals surface area contributed by atoms with Crippen molar-refractivity contribution >= 4 is 63.5 Å². The van der Waals surface area contributed by atoms with Crippen molar-refractivity contribution in [2.45, 2.75) is 13.5 Å². The van der Waals surface area contributed by atoms with Crippen LogP contribution in [0.25, 0.3) is 6.08 Å². The summed E-state index contributed by atoms with van der Waals surface area (Å²) in [6.07, 6.45) is 1.82. The third-order valence-corrected chi connectivity index (χ3v) is 6.27. The molecule has 1 aliphatic rings. The lowest BCUT2D eigenvalue weighted by Gasteiger charge is -2.13. The Bertz CT molecular complexity index is 962. The molecule has 0 atom stereocenters. The van der Waals surface area contributed by atoms with Gasteiger partial charge in [0.05, 0.1) is 17.0 Å². The van der Waals surface area contributed by atoms with E-state index >= 15 is 0 Å². The Morgan fingerprint density at radius 2 is 2.00 bits per heavy atom. The van der Waals surface area contributed by atoms with Crippen molar-refractivity contribution in [2.24, 2.45) is 0 Å². The Labute approximate surface area is 183 Å². The van der Waals surface area contributed by atoms with Crippen molar-refractivity contribution in [1.29, 1.82) is 0 Å². The molecule has 146 valence electrons. The Hall–Kier alpha value is -1.73. The zero-order chi connectivity index (χ0) is 20.3. The average molecular weight is 454 g/mol. The minimum Gasteiger partial charge on any atom is -0.496 e. The van der Waals surface area contributed by atoms with Crippen LogP contribution < -0.4 is 9.47 Å². The number of thiocarbonyl (C=S) groups is 1. The van der Waals surface area contributed by atoms with Gasteiger partial charge in [0.25, 0.3) is 5.91 Å². The van der Waals surface area contributed by atoms with Gasteiger partial charge in [0.2, 0.25) is 0 Å². The first-order valence-corrected chi connectivity index (χ1v) is 10.4. The minimum atomic E-state index is -0.0724. The first-order valence-electron chi connectivity index (χ1n) is 8.43. The van der Waals surface area contributed by atoms with Crippen molar-refractivity contribution in [2.75, 3.05) is 13.7 Å². The van der Waals surface area contributed by atoms with Gasteiger partial charge in [-0.05, 0) is 42.8 Å². The van der Waals surface area contributed by atoms with Gasteiger partial charge < -0.3 is 9.47 Å². The van der Waals surface area contributed by atoms with Gasteiger partial charge in [0.1, 0.15) is 27.4 Å². The lowest BCUT2D eigenvalue weighted by Crippen LogP contribution is -2.27. The maximum Gasteiger partial charge on any atom is 0.266 e. The zero-order valence-electron chi connectivity index (χ0n) is 15.2. The molecule has 28 heavy (non-hydrogen) atoms. The zero-order valence-corrected chi connectivity index (χ0v) is 18.3. The molecule has 0 aliphatic carbocycles. The molecule has 0 saturated carbocycles. The number of methoxy groups -OCH3 is 1. The number of carbonyl (C=O) groups excluding carboxylic acids is 1. The molecule has 2 aromatic carbocycles. The molecular formula is C20H17Cl2NO3S2. The van der Waals surface area contributed by atoms with Crippen molar-refractivity contribution in [3.05, 3.63) is 62.5 Å². The summed E-state index contributed by atoms with van der Waals surface area (Å²) >= 11 is 18.8. The number of halogens is 2. The second kappa shape index (κ2) is 9.18. The van der Waals surface area contributed by atoms with Gasteiger partial charge >= 0.3 is 0 Å². The van der Waals surface area contributed by atoms with Gasteiger partial charge in [0, 0.05) is 12.1 Å². The van der Waals surface area contributed by atoms with E-state index < -0.39 is 0 Å². The van der Waals surface area contributed by atoms with Crippen molar-refractivity contribution in [3.8, 4) is 11.5 Å². The highest BCUT2D eigenvalue weighted by Gasteiger charge is 2.30. The summed E-state index contributed by atoms with van der Waals surface area (Å²) in [4.78, 5) is 14.6. The van der Waals surface area contributed by atoms with Crippen LogP contribution >= 0.6 is 47.2 Å². The van der Waals surface area contributed by atoms with Gasteiger partial charge in [-0.15, -0.1) is 0 Å². The standard InChI is InChI=1S/C20H17Cl2NO3S2/c1-3-23-19(24)17(28-20(23)27)10-12-7-8-15(25-2)13(9-12)11-26-16-6-4-5-14(21)18(16)22/h4-10H,3,11H2,1-2H3/b17-10-. The highest BCUT2D eigenvalue weighted by atomic mass is 35.5. The third kappa shape index (κ3) is 4.46. The topological polar surface area (TPSA) is 38.8 Å². The second-order valence-electron chi connectivity index (χ2n) is 5.84. The summed E-state index contributed by atoms with van der Waals surface area (Å²) in [7, 11) is 1.59. The molecule has 1 heterocycles. The van der Waals surface area contributed by atoms with E-state index in [9.17, 15) is 4.79 Å². The number of nitrogens with zero attached hydrogens (tertiary/aromatic N) is 1.